The first-order valence-corrected chi connectivity index (χ1v) is 8.00. The minimum Gasteiger partial charge on any atom is -0.349 e. The summed E-state index contributed by atoms with van der Waals surface area (Å²) < 4.78 is 13.1. The number of hydrogen-bond acceptors (Lipinski definition) is 2. The lowest BCUT2D eigenvalue weighted by Crippen LogP contribution is -2.42. The molecule has 3 rings (SSSR count). The van der Waals surface area contributed by atoms with Gasteiger partial charge >= 0.3 is 0 Å². The van der Waals surface area contributed by atoms with E-state index >= 15 is 0 Å². The highest BCUT2D eigenvalue weighted by Gasteiger charge is 2.31. The molecule has 1 aromatic carbocycles. The molecule has 1 aliphatic carbocycles. The number of amides is 1. The molecule has 0 spiro atoms. The summed E-state index contributed by atoms with van der Waals surface area (Å²) >= 11 is 0. The van der Waals surface area contributed by atoms with Crippen molar-refractivity contribution in [2.75, 3.05) is 13.1 Å². The van der Waals surface area contributed by atoms with Gasteiger partial charge in [0.2, 0.25) is 5.91 Å². The van der Waals surface area contributed by atoms with Crippen LogP contribution in [0.2, 0.25) is 0 Å². The molecule has 1 saturated carbocycles. The number of hydrogen-bond donors (Lipinski definition) is 2. The summed E-state index contributed by atoms with van der Waals surface area (Å²) in [5, 5.41) is 6.52. The van der Waals surface area contributed by atoms with E-state index in [-0.39, 0.29) is 36.1 Å². The molecule has 3 nitrogen and oxygen atoms in total. The normalized spacial score (nSPS) is 20.6. The Hall–Kier alpha value is -1.13. The van der Waals surface area contributed by atoms with E-state index < -0.39 is 0 Å². The minimum atomic E-state index is -0.226. The quantitative estimate of drug-likeness (QED) is 0.892. The van der Waals surface area contributed by atoms with Crippen molar-refractivity contribution in [3.63, 3.8) is 0 Å². The van der Waals surface area contributed by atoms with Crippen molar-refractivity contribution in [2.45, 2.75) is 38.1 Å². The Kier molecular flexibility index (Phi) is 6.21. The molecule has 1 amide bonds. The second-order valence-corrected chi connectivity index (χ2v) is 6.25. The van der Waals surface area contributed by atoms with Gasteiger partial charge in [-0.1, -0.05) is 18.6 Å². The maximum atomic E-state index is 13.1. The number of carbonyl (C=O) groups excluding carboxylic acids is 1. The fourth-order valence-corrected chi connectivity index (χ4v) is 3.27. The van der Waals surface area contributed by atoms with Crippen molar-refractivity contribution in [1.82, 2.24) is 10.6 Å². The lowest BCUT2D eigenvalue weighted by atomic mass is 9.77. The van der Waals surface area contributed by atoms with E-state index in [2.05, 4.69) is 10.6 Å². The molecule has 22 heavy (non-hydrogen) atoms. The van der Waals surface area contributed by atoms with Crippen molar-refractivity contribution in [1.29, 1.82) is 0 Å². The van der Waals surface area contributed by atoms with Crippen molar-refractivity contribution >= 4 is 18.3 Å². The van der Waals surface area contributed by atoms with E-state index in [9.17, 15) is 9.18 Å². The predicted octanol–water partition coefficient (Wildman–Crippen LogP) is 3.20. The van der Waals surface area contributed by atoms with Crippen LogP contribution in [0.15, 0.2) is 24.3 Å². The largest absolute Gasteiger partial charge is 0.349 e. The molecular formula is C17H24ClFN2O. The second-order valence-electron chi connectivity index (χ2n) is 6.25. The first-order valence-electron chi connectivity index (χ1n) is 8.00. The first-order chi connectivity index (χ1) is 10.2. The summed E-state index contributed by atoms with van der Waals surface area (Å²) in [6, 6.07) is 6.62. The molecule has 2 aliphatic rings. The second kappa shape index (κ2) is 7.93. The zero-order chi connectivity index (χ0) is 14.7. The number of piperidine rings is 1. The zero-order valence-corrected chi connectivity index (χ0v) is 13.5. The molecule has 122 valence electrons. The first kappa shape index (κ1) is 17.2. The molecule has 1 saturated heterocycles. The molecule has 1 atom stereocenters. The molecule has 1 aliphatic heterocycles. The molecule has 1 unspecified atom stereocenters. The summed E-state index contributed by atoms with van der Waals surface area (Å²) in [7, 11) is 0. The van der Waals surface area contributed by atoms with E-state index in [4.69, 9.17) is 0 Å². The monoisotopic (exact) mass is 326 g/mol. The molecular weight excluding hydrogens is 303 g/mol. The van der Waals surface area contributed by atoms with E-state index in [1.165, 1.54) is 18.6 Å². The van der Waals surface area contributed by atoms with Crippen molar-refractivity contribution < 1.29 is 9.18 Å². The Balaban J connectivity index is 0.00000176. The van der Waals surface area contributed by atoms with E-state index in [0.29, 0.717) is 5.92 Å². The number of halogens is 2. The standard InChI is InChI=1S/C17H23FN2O.ClH/c18-15-6-4-13(5-7-15)16(12-2-1-3-12)20-17(21)14-8-10-19-11-9-14;/h4-7,12,14,16,19H,1-3,8-11H2,(H,20,21);1H. The van der Waals surface area contributed by atoms with E-state index in [0.717, 1.165) is 44.3 Å². The highest BCUT2D eigenvalue weighted by Crippen LogP contribution is 2.38. The minimum absolute atomic E-state index is 0. The van der Waals surface area contributed by atoms with Gasteiger partial charge < -0.3 is 10.6 Å². The lowest BCUT2D eigenvalue weighted by molar-refractivity contribution is -0.127. The summed E-state index contributed by atoms with van der Waals surface area (Å²) in [6.07, 6.45) is 5.34. The topological polar surface area (TPSA) is 41.1 Å². The van der Waals surface area contributed by atoms with Crippen LogP contribution in [0.3, 0.4) is 0 Å². The summed E-state index contributed by atoms with van der Waals surface area (Å²) in [4.78, 5) is 12.5. The van der Waals surface area contributed by atoms with Crippen LogP contribution in [0.25, 0.3) is 0 Å². The molecule has 5 heteroatoms. The number of rotatable bonds is 4. The Bertz CT molecular complexity index is 484. The Morgan fingerprint density at radius 2 is 1.77 bits per heavy atom. The van der Waals surface area contributed by atoms with Crippen molar-refractivity contribution in [3.05, 3.63) is 35.6 Å². The zero-order valence-electron chi connectivity index (χ0n) is 12.7. The van der Waals surface area contributed by atoms with Gasteiger partial charge in [-0.15, -0.1) is 12.4 Å². The van der Waals surface area contributed by atoms with Gasteiger partial charge in [-0.3, -0.25) is 4.79 Å². The number of carbonyl (C=O) groups is 1. The number of benzene rings is 1. The Labute approximate surface area is 137 Å². The van der Waals surface area contributed by atoms with Crippen LogP contribution in [-0.2, 0) is 4.79 Å². The van der Waals surface area contributed by atoms with Gasteiger partial charge in [0.1, 0.15) is 5.82 Å². The van der Waals surface area contributed by atoms with Gasteiger partial charge in [-0.05, 0) is 62.4 Å². The third kappa shape index (κ3) is 3.99. The molecule has 1 heterocycles. The SMILES string of the molecule is Cl.O=C(NC(c1ccc(F)cc1)C1CCC1)C1CCNCC1. The smallest absolute Gasteiger partial charge is 0.223 e. The van der Waals surface area contributed by atoms with Gasteiger partial charge in [-0.2, -0.15) is 0 Å². The molecule has 0 aromatic heterocycles. The van der Waals surface area contributed by atoms with Crippen LogP contribution >= 0.6 is 12.4 Å². The van der Waals surface area contributed by atoms with Gasteiger partial charge in [-0.25, -0.2) is 4.39 Å². The van der Waals surface area contributed by atoms with E-state index in [1.807, 2.05) is 0 Å². The van der Waals surface area contributed by atoms with Crippen LogP contribution in [0.4, 0.5) is 4.39 Å². The lowest BCUT2D eigenvalue weighted by Gasteiger charge is -2.36. The third-order valence-electron chi connectivity index (χ3n) is 4.86. The van der Waals surface area contributed by atoms with Crippen LogP contribution in [-0.4, -0.2) is 19.0 Å². The predicted molar refractivity (Wildman–Crippen MR) is 87.5 cm³/mol. The maximum Gasteiger partial charge on any atom is 0.223 e. The van der Waals surface area contributed by atoms with Crippen LogP contribution in [0.5, 0.6) is 0 Å². The van der Waals surface area contributed by atoms with E-state index in [1.54, 1.807) is 12.1 Å². The molecule has 0 radical (unpaired) electrons. The summed E-state index contributed by atoms with van der Waals surface area (Å²) in [5.41, 5.74) is 1.03. The van der Waals surface area contributed by atoms with Crippen LogP contribution in [0.1, 0.15) is 43.7 Å². The summed E-state index contributed by atoms with van der Waals surface area (Å²) in [6.45, 7) is 1.84. The van der Waals surface area contributed by atoms with Crippen molar-refractivity contribution in [2.24, 2.45) is 11.8 Å². The third-order valence-corrected chi connectivity index (χ3v) is 4.86. The van der Waals surface area contributed by atoms with Crippen molar-refractivity contribution in [3.8, 4) is 0 Å². The fourth-order valence-electron chi connectivity index (χ4n) is 3.27. The highest BCUT2D eigenvalue weighted by molar-refractivity contribution is 5.85. The fraction of sp³-hybridized carbons (Fsp3) is 0.588. The average Bonchev–Trinajstić information content (AvgIpc) is 2.46. The highest BCUT2D eigenvalue weighted by atomic mass is 35.5. The van der Waals surface area contributed by atoms with Gasteiger partial charge in [0.15, 0.2) is 0 Å². The van der Waals surface area contributed by atoms with Crippen LogP contribution in [0, 0.1) is 17.7 Å². The van der Waals surface area contributed by atoms with Gasteiger partial charge in [0, 0.05) is 5.92 Å². The van der Waals surface area contributed by atoms with Crippen LogP contribution < -0.4 is 10.6 Å². The maximum absolute atomic E-state index is 13.1. The Morgan fingerprint density at radius 3 is 2.32 bits per heavy atom. The average molecular weight is 327 g/mol. The molecule has 1 aromatic rings. The molecule has 2 fully saturated rings. The molecule has 2 N–H and O–H groups in total. The summed E-state index contributed by atoms with van der Waals surface area (Å²) in [5.74, 6) is 0.559. The number of nitrogens with one attached hydrogen (secondary N) is 2. The molecule has 0 bridgehead atoms. The van der Waals surface area contributed by atoms with Gasteiger partial charge in [0.25, 0.3) is 0 Å². The van der Waals surface area contributed by atoms with Gasteiger partial charge in [0.05, 0.1) is 6.04 Å². The Morgan fingerprint density at radius 1 is 1.14 bits per heavy atom.